The number of phenolic OH excluding ortho intramolecular Hbond substituents is 1. The van der Waals surface area contributed by atoms with Crippen molar-refractivity contribution in [3.8, 4) is 28.3 Å². The Hall–Kier alpha value is -3.08. The van der Waals surface area contributed by atoms with Crippen molar-refractivity contribution in [3.05, 3.63) is 53.9 Å². The van der Waals surface area contributed by atoms with Gasteiger partial charge >= 0.3 is 0 Å². The van der Waals surface area contributed by atoms with Crippen LogP contribution in [-0.2, 0) is 7.05 Å². The molecule has 5 heteroatoms. The molecule has 0 spiro atoms. The Morgan fingerprint density at radius 1 is 1.08 bits per heavy atom. The fourth-order valence-electron chi connectivity index (χ4n) is 3.21. The lowest BCUT2D eigenvalue weighted by molar-refractivity contribution is 0.483. The second-order valence-electron chi connectivity index (χ2n) is 6.02. The number of rotatable bonds is 2. The van der Waals surface area contributed by atoms with Gasteiger partial charge in [-0.15, -0.1) is 0 Å². The Bertz CT molecular complexity index is 1060. The lowest BCUT2D eigenvalue weighted by Crippen LogP contribution is -1.92. The molecule has 0 amide bonds. The number of nitrogens with one attached hydrogen (secondary N) is 1. The molecule has 0 radical (unpaired) electrons. The highest BCUT2D eigenvalue weighted by molar-refractivity contribution is 5.94. The summed E-state index contributed by atoms with van der Waals surface area (Å²) in [6, 6.07) is 13.6. The first kappa shape index (κ1) is 14.5. The van der Waals surface area contributed by atoms with Gasteiger partial charge in [0.1, 0.15) is 5.75 Å². The van der Waals surface area contributed by atoms with E-state index in [4.69, 9.17) is 0 Å². The van der Waals surface area contributed by atoms with Crippen molar-refractivity contribution in [2.24, 2.45) is 7.05 Å². The van der Waals surface area contributed by atoms with Crippen LogP contribution in [0, 0.1) is 13.8 Å². The van der Waals surface area contributed by atoms with Gasteiger partial charge in [-0.1, -0.05) is 30.3 Å². The van der Waals surface area contributed by atoms with Gasteiger partial charge in [0.05, 0.1) is 17.1 Å². The monoisotopic (exact) mass is 318 g/mol. The zero-order valence-electron chi connectivity index (χ0n) is 13.8. The quantitative estimate of drug-likeness (QED) is 0.588. The minimum absolute atomic E-state index is 0.255. The molecule has 2 aromatic carbocycles. The predicted molar refractivity (Wildman–Crippen MR) is 94.9 cm³/mol. The Morgan fingerprint density at radius 3 is 2.62 bits per heavy atom. The summed E-state index contributed by atoms with van der Waals surface area (Å²) in [5.74, 6) is 0.255. The lowest BCUT2D eigenvalue weighted by Gasteiger charge is -2.05. The third kappa shape index (κ3) is 2.09. The molecule has 4 rings (SSSR count). The number of hydrogen-bond acceptors (Lipinski definition) is 3. The normalized spacial score (nSPS) is 11.3. The van der Waals surface area contributed by atoms with Crippen molar-refractivity contribution in [1.82, 2.24) is 20.0 Å². The number of H-pyrrole nitrogens is 1. The van der Waals surface area contributed by atoms with Crippen LogP contribution in [0.15, 0.2) is 42.5 Å². The highest BCUT2D eigenvalue weighted by atomic mass is 16.3. The van der Waals surface area contributed by atoms with Gasteiger partial charge in [-0.3, -0.25) is 9.78 Å². The van der Waals surface area contributed by atoms with E-state index in [-0.39, 0.29) is 5.75 Å². The lowest BCUT2D eigenvalue weighted by atomic mass is 10.0. The average molecular weight is 318 g/mol. The van der Waals surface area contributed by atoms with Crippen LogP contribution in [0.4, 0.5) is 0 Å². The Morgan fingerprint density at radius 2 is 1.88 bits per heavy atom. The van der Waals surface area contributed by atoms with Crippen molar-refractivity contribution in [3.63, 3.8) is 0 Å². The number of fused-ring (bicyclic) bond motifs is 1. The Kier molecular flexibility index (Phi) is 3.16. The fraction of sp³-hybridized carbons (Fsp3) is 0.158. The first-order valence-corrected chi connectivity index (χ1v) is 7.83. The van der Waals surface area contributed by atoms with Crippen LogP contribution < -0.4 is 0 Å². The van der Waals surface area contributed by atoms with Crippen molar-refractivity contribution >= 4 is 10.8 Å². The van der Waals surface area contributed by atoms with Gasteiger partial charge in [0, 0.05) is 29.3 Å². The standard InChI is InChI=1S/C19H18N4O/c1-11-18(12(2)23(3)22-11)17-10-16(20-21-17)15-9-8-13-6-4-5-7-14(13)19(15)24/h4-10,24H,1-3H3,(H,20,21). The van der Waals surface area contributed by atoms with Gasteiger partial charge in [0.25, 0.3) is 0 Å². The summed E-state index contributed by atoms with van der Waals surface area (Å²) >= 11 is 0. The first-order valence-electron chi connectivity index (χ1n) is 7.83. The number of aromatic hydroxyl groups is 1. The van der Waals surface area contributed by atoms with Gasteiger partial charge < -0.3 is 5.11 Å². The van der Waals surface area contributed by atoms with E-state index in [1.807, 2.05) is 68.0 Å². The molecule has 0 fully saturated rings. The third-order valence-electron chi connectivity index (χ3n) is 4.53. The molecule has 2 heterocycles. The van der Waals surface area contributed by atoms with Crippen LogP contribution >= 0.6 is 0 Å². The molecular formula is C19H18N4O. The second kappa shape index (κ2) is 5.23. The highest BCUT2D eigenvalue weighted by Gasteiger charge is 2.16. The summed E-state index contributed by atoms with van der Waals surface area (Å²) in [5, 5.41) is 24.4. The topological polar surface area (TPSA) is 66.7 Å². The smallest absolute Gasteiger partial charge is 0.132 e. The van der Waals surface area contributed by atoms with E-state index in [9.17, 15) is 5.11 Å². The largest absolute Gasteiger partial charge is 0.507 e. The average Bonchev–Trinajstić information content (AvgIpc) is 3.13. The summed E-state index contributed by atoms with van der Waals surface area (Å²) in [7, 11) is 1.93. The van der Waals surface area contributed by atoms with Crippen LogP contribution in [0.25, 0.3) is 33.3 Å². The molecule has 0 aliphatic rings. The minimum atomic E-state index is 0.255. The van der Waals surface area contributed by atoms with Crippen molar-refractivity contribution in [2.75, 3.05) is 0 Å². The maximum Gasteiger partial charge on any atom is 0.132 e. The molecule has 120 valence electrons. The zero-order chi connectivity index (χ0) is 16.8. The number of benzene rings is 2. The molecule has 4 aromatic rings. The van der Waals surface area contributed by atoms with E-state index in [0.29, 0.717) is 0 Å². The van der Waals surface area contributed by atoms with Gasteiger partial charge in [0.2, 0.25) is 0 Å². The van der Waals surface area contributed by atoms with E-state index in [0.717, 1.165) is 44.7 Å². The molecular weight excluding hydrogens is 300 g/mol. The number of phenols is 1. The Balaban J connectivity index is 1.85. The van der Waals surface area contributed by atoms with Crippen LogP contribution in [0.1, 0.15) is 11.4 Å². The summed E-state index contributed by atoms with van der Waals surface area (Å²) in [6.07, 6.45) is 0. The van der Waals surface area contributed by atoms with Crippen LogP contribution in [-0.4, -0.2) is 25.1 Å². The first-order chi connectivity index (χ1) is 11.6. The van der Waals surface area contributed by atoms with Crippen molar-refractivity contribution < 1.29 is 5.11 Å². The number of aromatic amines is 1. The minimum Gasteiger partial charge on any atom is -0.507 e. The SMILES string of the molecule is Cc1nn(C)c(C)c1-c1cc(-c2ccc3ccccc3c2O)n[nH]1. The molecule has 2 N–H and O–H groups in total. The fourth-order valence-corrected chi connectivity index (χ4v) is 3.21. The number of aromatic nitrogens is 4. The van der Waals surface area contributed by atoms with Crippen LogP contribution in [0.3, 0.4) is 0 Å². The van der Waals surface area contributed by atoms with Crippen molar-refractivity contribution in [1.29, 1.82) is 0 Å². The van der Waals surface area contributed by atoms with Gasteiger partial charge in [-0.05, 0) is 31.4 Å². The second-order valence-corrected chi connectivity index (χ2v) is 6.02. The van der Waals surface area contributed by atoms with Gasteiger partial charge in [0.15, 0.2) is 0 Å². The number of nitrogens with zero attached hydrogens (tertiary/aromatic N) is 3. The van der Waals surface area contributed by atoms with Crippen molar-refractivity contribution in [2.45, 2.75) is 13.8 Å². The number of hydrogen-bond donors (Lipinski definition) is 2. The zero-order valence-corrected chi connectivity index (χ0v) is 13.8. The summed E-state index contributed by atoms with van der Waals surface area (Å²) < 4.78 is 1.86. The summed E-state index contributed by atoms with van der Waals surface area (Å²) in [5.41, 5.74) is 5.42. The molecule has 5 nitrogen and oxygen atoms in total. The van der Waals surface area contributed by atoms with E-state index in [2.05, 4.69) is 15.3 Å². The molecule has 2 aromatic heterocycles. The molecule has 0 aliphatic heterocycles. The summed E-state index contributed by atoms with van der Waals surface area (Å²) in [4.78, 5) is 0. The maximum absolute atomic E-state index is 10.6. The predicted octanol–water partition coefficient (Wildman–Crippen LogP) is 3.95. The molecule has 0 bridgehead atoms. The maximum atomic E-state index is 10.6. The molecule has 24 heavy (non-hydrogen) atoms. The molecule has 0 saturated heterocycles. The van der Waals surface area contributed by atoms with E-state index in [1.54, 1.807) is 0 Å². The molecule has 0 aliphatic carbocycles. The molecule has 0 unspecified atom stereocenters. The Labute approximate surface area is 139 Å². The van der Waals surface area contributed by atoms with Crippen LogP contribution in [0.5, 0.6) is 5.75 Å². The van der Waals surface area contributed by atoms with E-state index >= 15 is 0 Å². The van der Waals surface area contributed by atoms with Gasteiger partial charge in [-0.2, -0.15) is 10.2 Å². The summed E-state index contributed by atoms with van der Waals surface area (Å²) in [6.45, 7) is 4.01. The van der Waals surface area contributed by atoms with E-state index < -0.39 is 0 Å². The van der Waals surface area contributed by atoms with E-state index in [1.165, 1.54) is 0 Å². The van der Waals surface area contributed by atoms with Gasteiger partial charge in [-0.25, -0.2) is 0 Å². The third-order valence-corrected chi connectivity index (χ3v) is 4.53. The van der Waals surface area contributed by atoms with Crippen LogP contribution in [0.2, 0.25) is 0 Å². The highest BCUT2D eigenvalue weighted by Crippen LogP contribution is 2.36. The number of aryl methyl sites for hydroxylation is 2. The molecule has 0 atom stereocenters. The molecule has 0 saturated carbocycles.